The van der Waals surface area contributed by atoms with Crippen molar-refractivity contribution < 1.29 is 18.3 Å². The zero-order chi connectivity index (χ0) is 31.2. The molecule has 1 atom stereocenters. The molecule has 44 heavy (non-hydrogen) atoms. The molecule has 0 saturated carbocycles. The van der Waals surface area contributed by atoms with Crippen molar-refractivity contribution in [3.05, 3.63) is 103 Å². The maximum atomic E-state index is 12.7. The first-order chi connectivity index (χ1) is 21.1. The molecule has 228 valence electrons. The normalized spacial score (nSPS) is 12.5. The molecule has 5 N–H and O–H groups in total. The van der Waals surface area contributed by atoms with E-state index in [2.05, 4.69) is 54.8 Å². The van der Waals surface area contributed by atoms with E-state index in [0.29, 0.717) is 23.4 Å². The first kappa shape index (κ1) is 30.5. The van der Waals surface area contributed by atoms with Gasteiger partial charge in [-0.25, -0.2) is 13.4 Å². The van der Waals surface area contributed by atoms with Crippen molar-refractivity contribution in [2.75, 3.05) is 16.6 Å². The third-order valence-electron chi connectivity index (χ3n) is 6.99. The van der Waals surface area contributed by atoms with E-state index in [4.69, 9.17) is 0 Å². The summed E-state index contributed by atoms with van der Waals surface area (Å²) in [6, 6.07) is 22.0. The number of aromatic nitrogens is 6. The number of amides is 1. The molecule has 3 aromatic carbocycles. The summed E-state index contributed by atoms with van der Waals surface area (Å²) in [6.07, 6.45) is 3.62. The smallest absolute Gasteiger partial charge is 0.270 e. The number of hydrogen-bond acceptors (Lipinski definition) is 9. The van der Waals surface area contributed by atoms with Crippen LogP contribution in [0.4, 0.5) is 11.6 Å². The van der Waals surface area contributed by atoms with Gasteiger partial charge in [0.15, 0.2) is 0 Å². The third-order valence-corrected chi connectivity index (χ3v) is 8.39. The Bertz CT molecular complexity index is 1790. The van der Waals surface area contributed by atoms with Gasteiger partial charge in [0.1, 0.15) is 0 Å². The highest BCUT2D eigenvalue weighted by Crippen LogP contribution is 2.22. The Morgan fingerprint density at radius 3 is 2.55 bits per heavy atom. The first-order valence-corrected chi connectivity index (χ1v) is 15.3. The Labute approximate surface area is 254 Å². The number of benzene rings is 3. The maximum Gasteiger partial charge on any atom is 0.270 e. The number of aliphatic hydroxyl groups is 1. The molecule has 14 heteroatoms. The van der Waals surface area contributed by atoms with Crippen molar-refractivity contribution in [3.63, 3.8) is 0 Å². The van der Waals surface area contributed by atoms with Gasteiger partial charge in [-0.3, -0.25) is 14.8 Å². The summed E-state index contributed by atoms with van der Waals surface area (Å²) in [6.45, 7) is 5.08. The minimum atomic E-state index is -3.73. The number of nitrogens with one attached hydrogen (secondary N) is 4. The van der Waals surface area contributed by atoms with Gasteiger partial charge in [0.2, 0.25) is 0 Å². The Hall–Kier alpha value is -4.92. The number of β-amino-alcohol motifs (C(OH)–C–C–N with tert-alkyl or cyclic N) is 1. The summed E-state index contributed by atoms with van der Waals surface area (Å²) in [4.78, 5) is 17.0. The average molecular weight is 616 g/mol. The van der Waals surface area contributed by atoms with Crippen LogP contribution in [0.5, 0.6) is 0 Å². The van der Waals surface area contributed by atoms with Crippen LogP contribution in [0.25, 0.3) is 11.3 Å². The molecular formula is C30H33N9O4S. The number of nitrogens with zero attached hydrogens (tertiary/aromatic N) is 5. The van der Waals surface area contributed by atoms with Crippen LogP contribution in [0.1, 0.15) is 42.3 Å². The van der Waals surface area contributed by atoms with Gasteiger partial charge < -0.3 is 15.0 Å². The van der Waals surface area contributed by atoms with Crippen LogP contribution in [0, 0.1) is 0 Å². The Kier molecular flexibility index (Phi) is 9.13. The van der Waals surface area contributed by atoms with E-state index in [9.17, 15) is 18.3 Å². The highest BCUT2D eigenvalue weighted by atomic mass is 32.2. The highest BCUT2D eigenvalue weighted by Gasteiger charge is 2.20. The Balaban J connectivity index is 1.12. The molecule has 13 nitrogen and oxygen atoms in total. The molecule has 2 aromatic heterocycles. The summed E-state index contributed by atoms with van der Waals surface area (Å²) in [5, 5.41) is 29.9. The molecule has 0 aliphatic heterocycles. The number of aromatic amines is 1. The van der Waals surface area contributed by atoms with E-state index in [1.165, 1.54) is 12.1 Å². The van der Waals surface area contributed by atoms with Gasteiger partial charge in [0.05, 0.1) is 23.0 Å². The van der Waals surface area contributed by atoms with Crippen molar-refractivity contribution >= 4 is 27.6 Å². The molecule has 2 heterocycles. The minimum Gasteiger partial charge on any atom is -0.387 e. The molecule has 0 unspecified atom stereocenters. The molecule has 0 spiro atoms. The van der Waals surface area contributed by atoms with Gasteiger partial charge in [0.25, 0.3) is 21.9 Å². The molecule has 0 fully saturated rings. The Morgan fingerprint density at radius 1 is 1.05 bits per heavy atom. The third kappa shape index (κ3) is 7.92. The lowest BCUT2D eigenvalue weighted by Gasteiger charge is -2.28. The van der Waals surface area contributed by atoms with Crippen LogP contribution in [0.2, 0.25) is 0 Å². The van der Waals surface area contributed by atoms with E-state index < -0.39 is 16.1 Å². The molecule has 0 aliphatic rings. The summed E-state index contributed by atoms with van der Waals surface area (Å²) < 4.78 is 29.9. The van der Waals surface area contributed by atoms with Gasteiger partial charge in [-0.1, -0.05) is 47.6 Å². The van der Waals surface area contributed by atoms with E-state index in [1.807, 2.05) is 22.9 Å². The summed E-state index contributed by atoms with van der Waals surface area (Å²) in [5.74, 6) is -0.243. The molecule has 5 rings (SSSR count). The van der Waals surface area contributed by atoms with Crippen molar-refractivity contribution in [2.24, 2.45) is 0 Å². The lowest BCUT2D eigenvalue weighted by molar-refractivity contribution is 0.102. The van der Waals surface area contributed by atoms with Gasteiger partial charge in [-0.15, -0.1) is 5.10 Å². The fourth-order valence-electron chi connectivity index (χ4n) is 4.42. The van der Waals surface area contributed by atoms with Crippen molar-refractivity contribution in [2.45, 2.75) is 43.4 Å². The SMILES string of the molecule is CC(C)(CCn1cnc(-c2ccc(C(=O)Nc3nn[nH]n3)cc2)c1)NC[C@H](O)c1cccc(NS(=O)(=O)c2ccccc2)c1. The number of aliphatic hydroxyl groups excluding tert-OH is 1. The Morgan fingerprint density at radius 2 is 1.82 bits per heavy atom. The fourth-order valence-corrected chi connectivity index (χ4v) is 5.49. The van der Waals surface area contributed by atoms with Crippen LogP contribution < -0.4 is 15.4 Å². The molecule has 0 saturated heterocycles. The predicted molar refractivity (Wildman–Crippen MR) is 165 cm³/mol. The van der Waals surface area contributed by atoms with Crippen LogP contribution in [-0.2, 0) is 16.6 Å². The predicted octanol–water partition coefficient (Wildman–Crippen LogP) is 3.61. The number of rotatable bonds is 13. The minimum absolute atomic E-state index is 0.100. The lowest BCUT2D eigenvalue weighted by Crippen LogP contribution is -2.42. The quantitative estimate of drug-likeness (QED) is 0.132. The molecular weight excluding hydrogens is 582 g/mol. The second kappa shape index (κ2) is 13.2. The number of imidazole rings is 1. The number of carbonyl (C=O) groups is 1. The van der Waals surface area contributed by atoms with E-state index in [1.54, 1.807) is 60.9 Å². The summed E-state index contributed by atoms with van der Waals surface area (Å²) in [5.41, 5.74) is 2.76. The van der Waals surface area contributed by atoms with Gasteiger partial charge in [-0.2, -0.15) is 5.21 Å². The number of aryl methyl sites for hydroxylation is 1. The van der Waals surface area contributed by atoms with E-state index >= 15 is 0 Å². The van der Waals surface area contributed by atoms with Crippen molar-refractivity contribution in [1.29, 1.82) is 0 Å². The first-order valence-electron chi connectivity index (χ1n) is 13.9. The number of anilines is 2. The zero-order valence-corrected chi connectivity index (χ0v) is 25.0. The summed E-state index contributed by atoms with van der Waals surface area (Å²) in [7, 11) is -3.73. The molecule has 5 aromatic rings. The van der Waals surface area contributed by atoms with Crippen LogP contribution >= 0.6 is 0 Å². The largest absolute Gasteiger partial charge is 0.387 e. The second-order valence-electron chi connectivity index (χ2n) is 10.8. The van der Waals surface area contributed by atoms with E-state index in [0.717, 1.165) is 17.7 Å². The van der Waals surface area contributed by atoms with Crippen LogP contribution in [0.3, 0.4) is 0 Å². The average Bonchev–Trinajstić information content (AvgIpc) is 3.72. The van der Waals surface area contributed by atoms with Crippen molar-refractivity contribution in [1.82, 2.24) is 35.5 Å². The van der Waals surface area contributed by atoms with Crippen LogP contribution in [0.15, 0.2) is 96.3 Å². The number of tetrazole rings is 1. The van der Waals surface area contributed by atoms with Gasteiger partial charge in [0, 0.05) is 41.6 Å². The molecule has 0 bridgehead atoms. The fraction of sp³-hybridized carbons (Fsp3) is 0.233. The van der Waals surface area contributed by atoms with Crippen molar-refractivity contribution in [3.8, 4) is 11.3 Å². The van der Waals surface area contributed by atoms with Crippen LogP contribution in [-0.4, -0.2) is 61.7 Å². The molecule has 1 amide bonds. The summed E-state index contributed by atoms with van der Waals surface area (Å²) >= 11 is 0. The number of hydrogen-bond donors (Lipinski definition) is 5. The van der Waals surface area contributed by atoms with Gasteiger partial charge in [-0.05, 0) is 67.4 Å². The second-order valence-corrected chi connectivity index (χ2v) is 12.5. The zero-order valence-electron chi connectivity index (χ0n) is 24.2. The highest BCUT2D eigenvalue weighted by molar-refractivity contribution is 7.92. The standard InChI is InChI=1S/C30H33N9O4S/c1-30(2,32-18-27(40)23-7-6-8-24(17-23)36-44(42,43)25-9-4-3-5-10-25)15-16-39-19-26(31-20-39)21-11-13-22(14-12-21)28(41)33-29-34-37-38-35-29/h3-14,17,19-20,27,32,36,40H,15-16,18H2,1-2H3,(H2,33,34,35,37,38,41)/t27-/m0/s1. The monoisotopic (exact) mass is 615 g/mol. The molecule has 0 radical (unpaired) electrons. The number of carbonyl (C=O) groups excluding carboxylic acids is 1. The number of sulfonamides is 1. The van der Waals surface area contributed by atoms with E-state index in [-0.39, 0.29) is 28.8 Å². The molecule has 0 aliphatic carbocycles. The maximum absolute atomic E-state index is 12.7. The topological polar surface area (TPSA) is 180 Å². The lowest BCUT2D eigenvalue weighted by atomic mass is 9.99. The number of H-pyrrole nitrogens is 1. The van der Waals surface area contributed by atoms with Gasteiger partial charge >= 0.3 is 0 Å².